The van der Waals surface area contributed by atoms with Crippen LogP contribution in [0.1, 0.15) is 10.4 Å². The van der Waals surface area contributed by atoms with E-state index in [1.54, 1.807) is 19.3 Å². The molecule has 3 aromatic rings. The lowest BCUT2D eigenvalue weighted by atomic mass is 10.1. The number of benzene rings is 1. The third kappa shape index (κ3) is 4.50. The Balaban J connectivity index is 1.52. The first-order valence-corrected chi connectivity index (χ1v) is 10.1. The first-order chi connectivity index (χ1) is 14.7. The Labute approximate surface area is 173 Å². The van der Waals surface area contributed by atoms with Crippen LogP contribution in [0.15, 0.2) is 24.5 Å². The molecule has 1 aliphatic rings. The molecule has 0 bridgehead atoms. The van der Waals surface area contributed by atoms with Crippen molar-refractivity contribution in [1.29, 1.82) is 0 Å². The van der Waals surface area contributed by atoms with Gasteiger partial charge in [0.1, 0.15) is 17.0 Å². The maximum Gasteiger partial charge on any atom is 0.251 e. The molecule has 2 aromatic heterocycles. The summed E-state index contributed by atoms with van der Waals surface area (Å²) in [6, 6.07) is 2.89. The number of likely N-dealkylation sites (N-methyl/N-ethyl adjacent to an activating group) is 1. The molecule has 0 radical (unpaired) electrons. The van der Waals surface area contributed by atoms with Crippen molar-refractivity contribution in [2.45, 2.75) is 6.54 Å². The molecule has 4 rings (SSSR count). The number of nitrogens with one attached hydrogen (secondary N) is 3. The highest BCUT2D eigenvalue weighted by molar-refractivity contribution is 6.01. The van der Waals surface area contributed by atoms with E-state index in [1.807, 2.05) is 10.9 Å². The number of aromatic nitrogens is 4. The predicted octanol–water partition coefficient (Wildman–Crippen LogP) is 0.847. The molecule has 10 heteroatoms. The van der Waals surface area contributed by atoms with Crippen molar-refractivity contribution in [3.8, 4) is 11.3 Å². The minimum absolute atomic E-state index is 0.262. The van der Waals surface area contributed by atoms with Gasteiger partial charge in [-0.25, -0.2) is 4.39 Å². The lowest BCUT2D eigenvalue weighted by Crippen LogP contribution is -2.38. The van der Waals surface area contributed by atoms with Crippen LogP contribution in [-0.4, -0.2) is 83.8 Å². The Morgan fingerprint density at radius 2 is 2.10 bits per heavy atom. The fourth-order valence-corrected chi connectivity index (χ4v) is 3.51. The second kappa shape index (κ2) is 9.33. The SMILES string of the molecule is CNCCNC(=O)c1cc(F)c2[nH]nc(-c3cnn(CCN4CCOCC4)c3)c2c1. The molecule has 3 heterocycles. The molecular formula is C20H26FN7O2. The summed E-state index contributed by atoms with van der Waals surface area (Å²) in [5, 5.41) is 17.7. The zero-order chi connectivity index (χ0) is 20.9. The van der Waals surface area contributed by atoms with E-state index < -0.39 is 5.82 Å². The fraction of sp³-hybridized carbons (Fsp3) is 0.450. The molecule has 30 heavy (non-hydrogen) atoms. The van der Waals surface area contributed by atoms with Gasteiger partial charge in [0.05, 0.1) is 26.0 Å². The molecular weight excluding hydrogens is 389 g/mol. The van der Waals surface area contributed by atoms with Crippen LogP contribution in [0.25, 0.3) is 22.2 Å². The summed E-state index contributed by atoms with van der Waals surface area (Å²) in [6.45, 7) is 6.11. The quantitative estimate of drug-likeness (QED) is 0.472. The molecule has 3 N–H and O–H groups in total. The Bertz CT molecular complexity index is 1010. The number of hydrogen-bond donors (Lipinski definition) is 3. The number of carbonyl (C=O) groups excluding carboxylic acids is 1. The van der Waals surface area contributed by atoms with E-state index in [0.717, 1.165) is 45.0 Å². The smallest absolute Gasteiger partial charge is 0.251 e. The van der Waals surface area contributed by atoms with Gasteiger partial charge in [-0.15, -0.1) is 0 Å². The highest BCUT2D eigenvalue weighted by Crippen LogP contribution is 2.28. The summed E-state index contributed by atoms with van der Waals surface area (Å²) in [7, 11) is 1.80. The zero-order valence-electron chi connectivity index (χ0n) is 16.9. The summed E-state index contributed by atoms with van der Waals surface area (Å²) >= 11 is 0. The van der Waals surface area contributed by atoms with E-state index in [2.05, 4.69) is 30.8 Å². The molecule has 0 saturated carbocycles. The van der Waals surface area contributed by atoms with Gasteiger partial charge in [-0.05, 0) is 19.2 Å². The van der Waals surface area contributed by atoms with Crippen LogP contribution < -0.4 is 10.6 Å². The Kier molecular flexibility index (Phi) is 6.36. The lowest BCUT2D eigenvalue weighted by Gasteiger charge is -2.26. The van der Waals surface area contributed by atoms with Crippen LogP contribution >= 0.6 is 0 Å². The van der Waals surface area contributed by atoms with Gasteiger partial charge in [-0.2, -0.15) is 10.2 Å². The van der Waals surface area contributed by atoms with Crippen molar-refractivity contribution in [3.05, 3.63) is 35.9 Å². The van der Waals surface area contributed by atoms with Gasteiger partial charge in [0, 0.05) is 55.4 Å². The number of morpholine rings is 1. The summed E-state index contributed by atoms with van der Waals surface area (Å²) in [4.78, 5) is 14.7. The molecule has 0 spiro atoms. The monoisotopic (exact) mass is 415 g/mol. The second-order valence-electron chi connectivity index (χ2n) is 7.26. The van der Waals surface area contributed by atoms with E-state index >= 15 is 0 Å². The number of halogens is 1. The van der Waals surface area contributed by atoms with Gasteiger partial charge in [0.2, 0.25) is 0 Å². The zero-order valence-corrected chi connectivity index (χ0v) is 16.9. The average molecular weight is 415 g/mol. The highest BCUT2D eigenvalue weighted by atomic mass is 19.1. The van der Waals surface area contributed by atoms with Crippen LogP contribution in [0.5, 0.6) is 0 Å². The van der Waals surface area contributed by atoms with Gasteiger partial charge in [0.15, 0.2) is 0 Å². The molecule has 0 unspecified atom stereocenters. The summed E-state index contributed by atoms with van der Waals surface area (Å²) in [6.07, 6.45) is 3.61. The van der Waals surface area contributed by atoms with Crippen LogP contribution in [0.4, 0.5) is 4.39 Å². The van der Waals surface area contributed by atoms with Crippen LogP contribution in [-0.2, 0) is 11.3 Å². The fourth-order valence-electron chi connectivity index (χ4n) is 3.51. The average Bonchev–Trinajstić information content (AvgIpc) is 3.40. The number of rotatable bonds is 8. The Hall–Kier alpha value is -2.82. The first-order valence-electron chi connectivity index (χ1n) is 10.1. The number of aromatic amines is 1. The number of H-pyrrole nitrogens is 1. The molecule has 1 amide bonds. The van der Waals surface area contributed by atoms with E-state index in [-0.39, 0.29) is 17.0 Å². The van der Waals surface area contributed by atoms with Gasteiger partial charge in [-0.1, -0.05) is 0 Å². The van der Waals surface area contributed by atoms with Crippen molar-refractivity contribution in [3.63, 3.8) is 0 Å². The highest BCUT2D eigenvalue weighted by Gasteiger charge is 2.17. The first kappa shape index (κ1) is 20.5. The molecule has 0 atom stereocenters. The van der Waals surface area contributed by atoms with Crippen molar-refractivity contribution >= 4 is 16.8 Å². The molecule has 1 saturated heterocycles. The number of hydrogen-bond acceptors (Lipinski definition) is 6. The Morgan fingerprint density at radius 1 is 1.27 bits per heavy atom. The maximum absolute atomic E-state index is 14.6. The van der Waals surface area contributed by atoms with Crippen molar-refractivity contribution in [2.24, 2.45) is 0 Å². The number of nitrogens with zero attached hydrogens (tertiary/aromatic N) is 4. The minimum atomic E-state index is -0.510. The number of fused-ring (bicyclic) bond motifs is 1. The van der Waals surface area contributed by atoms with Gasteiger partial charge in [0.25, 0.3) is 5.91 Å². The number of ether oxygens (including phenoxy) is 1. The van der Waals surface area contributed by atoms with Crippen molar-refractivity contribution in [2.75, 3.05) is 53.0 Å². The number of amides is 1. The van der Waals surface area contributed by atoms with E-state index in [9.17, 15) is 9.18 Å². The normalized spacial score (nSPS) is 15.0. The summed E-state index contributed by atoms with van der Waals surface area (Å²) < 4.78 is 21.8. The third-order valence-electron chi connectivity index (χ3n) is 5.20. The Morgan fingerprint density at radius 3 is 2.90 bits per heavy atom. The molecule has 1 aromatic carbocycles. The molecule has 0 aliphatic carbocycles. The molecule has 1 aliphatic heterocycles. The van der Waals surface area contributed by atoms with E-state index in [4.69, 9.17) is 4.74 Å². The lowest BCUT2D eigenvalue weighted by molar-refractivity contribution is 0.0360. The van der Waals surface area contributed by atoms with E-state index in [0.29, 0.717) is 24.2 Å². The van der Waals surface area contributed by atoms with Crippen LogP contribution in [0.2, 0.25) is 0 Å². The minimum Gasteiger partial charge on any atom is -0.379 e. The molecule has 9 nitrogen and oxygen atoms in total. The molecule has 1 fully saturated rings. The summed E-state index contributed by atoms with van der Waals surface area (Å²) in [5.74, 6) is -0.830. The van der Waals surface area contributed by atoms with Gasteiger partial charge < -0.3 is 15.4 Å². The van der Waals surface area contributed by atoms with Crippen molar-refractivity contribution < 1.29 is 13.9 Å². The predicted molar refractivity (Wildman–Crippen MR) is 111 cm³/mol. The largest absolute Gasteiger partial charge is 0.379 e. The third-order valence-corrected chi connectivity index (χ3v) is 5.20. The van der Waals surface area contributed by atoms with Crippen LogP contribution in [0, 0.1) is 5.82 Å². The van der Waals surface area contributed by atoms with Crippen molar-refractivity contribution in [1.82, 2.24) is 35.5 Å². The molecule has 160 valence electrons. The summed E-state index contributed by atoms with van der Waals surface area (Å²) in [5.41, 5.74) is 1.89. The second-order valence-corrected chi connectivity index (χ2v) is 7.26. The van der Waals surface area contributed by atoms with Gasteiger partial charge in [-0.3, -0.25) is 19.5 Å². The maximum atomic E-state index is 14.6. The van der Waals surface area contributed by atoms with Crippen LogP contribution in [0.3, 0.4) is 0 Å². The standard InChI is InChI=1S/C20H26FN7O2/c1-22-2-3-23-20(29)14-10-16-18(25-26-19(16)17(21)11-14)15-12-24-28(13-15)5-4-27-6-8-30-9-7-27/h10-13,22H,2-9H2,1H3,(H,23,29)(H,25,26). The van der Waals surface area contributed by atoms with E-state index in [1.165, 1.54) is 6.07 Å². The number of carbonyl (C=O) groups is 1. The topological polar surface area (TPSA) is 100 Å². The van der Waals surface area contributed by atoms with Gasteiger partial charge >= 0.3 is 0 Å².